The largest absolute Gasteiger partial charge is 0.322 e. The Labute approximate surface area is 213 Å². The lowest BCUT2D eigenvalue weighted by Crippen LogP contribution is -2.36. The molecule has 5 nitrogen and oxygen atoms in total. The van der Waals surface area contributed by atoms with E-state index in [1.54, 1.807) is 17.4 Å². The van der Waals surface area contributed by atoms with E-state index in [0.29, 0.717) is 30.2 Å². The zero-order valence-corrected chi connectivity index (χ0v) is 20.9. The first-order valence-electron chi connectivity index (χ1n) is 11.4. The molecular weight excluding hydrogens is 476 g/mol. The second kappa shape index (κ2) is 10.3. The van der Waals surface area contributed by atoms with Gasteiger partial charge in [0.05, 0.1) is 5.69 Å². The fourth-order valence-electron chi connectivity index (χ4n) is 3.94. The molecule has 0 aliphatic heterocycles. The first-order valence-corrected chi connectivity index (χ1v) is 12.7. The van der Waals surface area contributed by atoms with Gasteiger partial charge in [0.15, 0.2) is 4.96 Å². The Morgan fingerprint density at radius 2 is 1.80 bits per heavy atom. The van der Waals surface area contributed by atoms with E-state index in [2.05, 4.69) is 33.4 Å². The summed E-state index contributed by atoms with van der Waals surface area (Å²) in [5.74, 6) is 0. The van der Waals surface area contributed by atoms with Gasteiger partial charge in [-0.1, -0.05) is 78.3 Å². The van der Waals surface area contributed by atoms with Gasteiger partial charge in [0.2, 0.25) is 0 Å². The second-order valence-corrected chi connectivity index (χ2v) is 9.67. The zero-order valence-electron chi connectivity index (χ0n) is 19.3. The van der Waals surface area contributed by atoms with Crippen molar-refractivity contribution in [2.24, 2.45) is 0 Å². The van der Waals surface area contributed by atoms with Gasteiger partial charge in [0.1, 0.15) is 0 Å². The monoisotopic (exact) mass is 500 g/mol. The van der Waals surface area contributed by atoms with Gasteiger partial charge in [0.25, 0.3) is 0 Å². The van der Waals surface area contributed by atoms with Crippen molar-refractivity contribution in [3.63, 3.8) is 0 Å². The number of hydrogen-bond acceptors (Lipinski definition) is 3. The lowest BCUT2D eigenvalue weighted by Gasteiger charge is -2.23. The summed E-state index contributed by atoms with van der Waals surface area (Å²) in [5, 5.41) is 5.76. The Kier molecular flexibility index (Phi) is 6.84. The van der Waals surface area contributed by atoms with Crippen LogP contribution in [0, 0.1) is 6.92 Å². The fourth-order valence-corrected chi connectivity index (χ4v) is 5.02. The molecule has 0 saturated carbocycles. The highest BCUT2D eigenvalue weighted by atomic mass is 35.5. The number of aromatic nitrogens is 2. The number of rotatable bonds is 7. The summed E-state index contributed by atoms with van der Waals surface area (Å²) in [6.07, 6.45) is 2.78. The smallest absolute Gasteiger partial charge is 0.320 e. The second-order valence-electron chi connectivity index (χ2n) is 8.42. The Balaban J connectivity index is 1.35. The zero-order chi connectivity index (χ0) is 24.2. The molecular formula is C28H25ClN4OS. The summed E-state index contributed by atoms with van der Waals surface area (Å²) < 4.78 is 2.13. The molecule has 0 spiro atoms. The number of benzene rings is 3. The lowest BCUT2D eigenvalue weighted by molar-refractivity contribution is 0.209. The number of urea groups is 1. The number of carbonyl (C=O) groups is 1. The molecule has 7 heteroatoms. The van der Waals surface area contributed by atoms with Crippen molar-refractivity contribution >= 4 is 39.6 Å². The number of fused-ring (bicyclic) bond motifs is 1. The molecule has 2 amide bonds. The van der Waals surface area contributed by atoms with Gasteiger partial charge >= 0.3 is 6.03 Å². The first-order chi connectivity index (χ1) is 17.1. The maximum atomic E-state index is 13.3. The highest BCUT2D eigenvalue weighted by Gasteiger charge is 2.17. The molecule has 5 aromatic rings. The number of aryl methyl sites for hydroxylation is 1. The summed E-state index contributed by atoms with van der Waals surface area (Å²) in [7, 11) is 0. The molecule has 0 radical (unpaired) electrons. The van der Waals surface area contributed by atoms with Crippen LogP contribution in [0.1, 0.15) is 16.8 Å². The number of thiazole rings is 1. The molecule has 3 aromatic carbocycles. The maximum Gasteiger partial charge on any atom is 0.322 e. The van der Waals surface area contributed by atoms with Crippen molar-refractivity contribution in [2.75, 3.05) is 11.9 Å². The van der Waals surface area contributed by atoms with E-state index in [9.17, 15) is 4.79 Å². The van der Waals surface area contributed by atoms with E-state index in [-0.39, 0.29) is 6.03 Å². The molecule has 0 fully saturated rings. The van der Waals surface area contributed by atoms with E-state index in [1.165, 1.54) is 0 Å². The molecule has 2 aromatic heterocycles. The number of carbonyl (C=O) groups excluding carboxylic acids is 1. The molecule has 0 aliphatic rings. The molecule has 2 heterocycles. The van der Waals surface area contributed by atoms with E-state index < -0.39 is 0 Å². The van der Waals surface area contributed by atoms with Crippen molar-refractivity contribution in [1.29, 1.82) is 0 Å². The number of nitrogens with one attached hydrogen (secondary N) is 1. The van der Waals surface area contributed by atoms with Gasteiger partial charge in [-0.25, -0.2) is 9.78 Å². The topological polar surface area (TPSA) is 49.6 Å². The Hall–Kier alpha value is -3.61. The molecule has 35 heavy (non-hydrogen) atoms. The fraction of sp³-hybridized carbons (Fsp3) is 0.143. The first kappa shape index (κ1) is 23.1. The van der Waals surface area contributed by atoms with Crippen LogP contribution in [0.15, 0.2) is 90.4 Å². The highest BCUT2D eigenvalue weighted by Crippen LogP contribution is 2.24. The minimum atomic E-state index is -0.157. The standard InChI is InChI=1S/C28H25ClN4OS/c1-20-12-13-23(16-25(20)29)30-27(34)32(17-21-8-4-2-5-9-21)15-14-24-19-35-28-31-26(18-33(24)28)22-10-6-3-7-11-22/h2-13,16,18-19H,14-15,17H2,1H3,(H,30,34). The molecule has 1 N–H and O–H groups in total. The maximum absolute atomic E-state index is 13.3. The lowest BCUT2D eigenvalue weighted by atomic mass is 10.2. The van der Waals surface area contributed by atoms with Crippen LogP contribution in [-0.2, 0) is 13.0 Å². The number of imidazole rings is 1. The van der Waals surface area contributed by atoms with Gasteiger partial charge in [-0.2, -0.15) is 0 Å². The van der Waals surface area contributed by atoms with Crippen molar-refractivity contribution in [3.8, 4) is 11.3 Å². The molecule has 0 bridgehead atoms. The summed E-state index contributed by atoms with van der Waals surface area (Å²) in [6, 6.07) is 25.6. The normalized spacial score (nSPS) is 11.0. The predicted octanol–water partition coefficient (Wildman–Crippen LogP) is 7.30. The SMILES string of the molecule is Cc1ccc(NC(=O)N(CCc2csc3nc(-c4ccccc4)cn23)Cc2ccccc2)cc1Cl. The molecule has 0 aliphatic carbocycles. The Morgan fingerprint density at radius 1 is 1.06 bits per heavy atom. The van der Waals surface area contributed by atoms with Crippen LogP contribution in [0.5, 0.6) is 0 Å². The van der Waals surface area contributed by atoms with E-state index >= 15 is 0 Å². The van der Waals surface area contributed by atoms with Crippen LogP contribution >= 0.6 is 22.9 Å². The third kappa shape index (κ3) is 5.39. The van der Waals surface area contributed by atoms with Crippen LogP contribution < -0.4 is 5.32 Å². The Bertz CT molecular complexity index is 1450. The average Bonchev–Trinajstić information content (AvgIpc) is 3.47. The summed E-state index contributed by atoms with van der Waals surface area (Å²) >= 11 is 7.88. The molecule has 176 valence electrons. The predicted molar refractivity (Wildman–Crippen MR) is 144 cm³/mol. The van der Waals surface area contributed by atoms with Crippen molar-refractivity contribution in [3.05, 3.63) is 112 Å². The number of halogens is 1. The Morgan fingerprint density at radius 3 is 2.54 bits per heavy atom. The number of nitrogens with zero attached hydrogens (tertiary/aromatic N) is 3. The van der Waals surface area contributed by atoms with E-state index in [1.807, 2.05) is 72.5 Å². The van der Waals surface area contributed by atoms with Gasteiger partial charge in [-0.15, -0.1) is 11.3 Å². The van der Waals surface area contributed by atoms with Crippen LogP contribution in [0.4, 0.5) is 10.5 Å². The van der Waals surface area contributed by atoms with Gasteiger partial charge in [-0.05, 0) is 30.2 Å². The van der Waals surface area contributed by atoms with Gasteiger partial charge in [-0.3, -0.25) is 4.40 Å². The number of anilines is 1. The van der Waals surface area contributed by atoms with Crippen LogP contribution in [0.25, 0.3) is 16.2 Å². The summed E-state index contributed by atoms with van der Waals surface area (Å²) in [4.78, 5) is 20.8. The quantitative estimate of drug-likeness (QED) is 0.255. The van der Waals surface area contributed by atoms with Crippen LogP contribution in [-0.4, -0.2) is 26.9 Å². The van der Waals surface area contributed by atoms with E-state index in [4.69, 9.17) is 16.6 Å². The molecule has 0 saturated heterocycles. The third-order valence-corrected chi connectivity index (χ3v) is 7.21. The summed E-state index contributed by atoms with van der Waals surface area (Å²) in [6.45, 7) is 3.01. The van der Waals surface area contributed by atoms with Crippen LogP contribution in [0.2, 0.25) is 5.02 Å². The molecule has 5 rings (SSSR count). The number of amides is 2. The van der Waals surface area contributed by atoms with Crippen LogP contribution in [0.3, 0.4) is 0 Å². The molecule has 0 atom stereocenters. The van der Waals surface area contributed by atoms with Crippen molar-refractivity contribution < 1.29 is 4.79 Å². The summed E-state index contributed by atoms with van der Waals surface area (Å²) in [5.41, 5.74) is 5.91. The average molecular weight is 501 g/mol. The van der Waals surface area contributed by atoms with E-state index in [0.717, 1.165) is 33.0 Å². The number of hydrogen-bond donors (Lipinski definition) is 1. The van der Waals surface area contributed by atoms with Gasteiger partial charge in [0, 0.05) is 53.1 Å². The highest BCUT2D eigenvalue weighted by molar-refractivity contribution is 7.15. The molecule has 0 unspecified atom stereocenters. The van der Waals surface area contributed by atoms with Gasteiger partial charge < -0.3 is 10.2 Å². The van der Waals surface area contributed by atoms with Crippen molar-refractivity contribution in [1.82, 2.24) is 14.3 Å². The van der Waals surface area contributed by atoms with Crippen molar-refractivity contribution in [2.45, 2.75) is 19.9 Å². The third-order valence-electron chi connectivity index (χ3n) is 5.92. The minimum absolute atomic E-state index is 0.157. The minimum Gasteiger partial charge on any atom is -0.320 e.